The van der Waals surface area contributed by atoms with E-state index in [1.807, 2.05) is 6.26 Å². The van der Waals surface area contributed by atoms with Gasteiger partial charge in [0.25, 0.3) is 5.91 Å². The molecule has 0 radical (unpaired) electrons. The summed E-state index contributed by atoms with van der Waals surface area (Å²) in [6.45, 7) is 0. The standard InChI is InChI=1S/C12H14FNO4S/c1-19-5-4-9(12(17)18)14-11(16)8-6-7(13)2-3-10(8)15/h2-3,6,9,15H,4-5H2,1H3,(H,14,16)(H,17,18)/t9-/m0/s1. The third-order valence-corrected chi connectivity index (χ3v) is 3.06. The van der Waals surface area contributed by atoms with E-state index in [0.717, 1.165) is 18.2 Å². The number of phenolic OH excluding ortho intramolecular Hbond substituents is 1. The van der Waals surface area contributed by atoms with Crippen LogP contribution in [0, 0.1) is 5.82 Å². The number of hydrogen-bond acceptors (Lipinski definition) is 4. The van der Waals surface area contributed by atoms with Crippen molar-refractivity contribution in [2.24, 2.45) is 0 Å². The van der Waals surface area contributed by atoms with Gasteiger partial charge in [0.2, 0.25) is 0 Å². The van der Waals surface area contributed by atoms with E-state index in [0.29, 0.717) is 5.75 Å². The zero-order chi connectivity index (χ0) is 14.4. The maximum atomic E-state index is 13.0. The Morgan fingerprint density at radius 2 is 2.16 bits per heavy atom. The molecule has 5 nitrogen and oxygen atoms in total. The summed E-state index contributed by atoms with van der Waals surface area (Å²) in [6.07, 6.45) is 2.07. The van der Waals surface area contributed by atoms with E-state index >= 15 is 0 Å². The number of carboxylic acid groups (broad SMARTS) is 1. The molecule has 0 spiro atoms. The average molecular weight is 287 g/mol. The zero-order valence-corrected chi connectivity index (χ0v) is 11.0. The molecule has 0 saturated heterocycles. The van der Waals surface area contributed by atoms with E-state index in [2.05, 4.69) is 5.32 Å². The van der Waals surface area contributed by atoms with E-state index < -0.39 is 29.5 Å². The predicted molar refractivity (Wildman–Crippen MR) is 70.0 cm³/mol. The summed E-state index contributed by atoms with van der Waals surface area (Å²) in [4.78, 5) is 22.8. The van der Waals surface area contributed by atoms with Gasteiger partial charge in [0, 0.05) is 0 Å². The van der Waals surface area contributed by atoms with Crippen molar-refractivity contribution in [1.29, 1.82) is 0 Å². The van der Waals surface area contributed by atoms with Crippen LogP contribution in [0.3, 0.4) is 0 Å². The smallest absolute Gasteiger partial charge is 0.326 e. The van der Waals surface area contributed by atoms with Crippen molar-refractivity contribution in [2.75, 3.05) is 12.0 Å². The molecule has 1 aromatic carbocycles. The highest BCUT2D eigenvalue weighted by molar-refractivity contribution is 7.98. The number of aromatic hydroxyl groups is 1. The second-order valence-corrected chi connectivity index (χ2v) is 4.79. The van der Waals surface area contributed by atoms with E-state index in [4.69, 9.17) is 5.11 Å². The van der Waals surface area contributed by atoms with Gasteiger partial charge in [-0.15, -0.1) is 0 Å². The Kier molecular flexibility index (Phi) is 5.62. The molecule has 0 unspecified atom stereocenters. The maximum Gasteiger partial charge on any atom is 0.326 e. The number of thioether (sulfide) groups is 1. The van der Waals surface area contributed by atoms with E-state index in [9.17, 15) is 19.1 Å². The number of carboxylic acids is 1. The molecule has 19 heavy (non-hydrogen) atoms. The van der Waals surface area contributed by atoms with Gasteiger partial charge in [-0.25, -0.2) is 9.18 Å². The van der Waals surface area contributed by atoms with Gasteiger partial charge < -0.3 is 15.5 Å². The Labute approximate surface area is 113 Å². The molecule has 1 amide bonds. The van der Waals surface area contributed by atoms with Crippen LogP contribution in [0.5, 0.6) is 5.75 Å². The highest BCUT2D eigenvalue weighted by atomic mass is 32.2. The number of nitrogens with one attached hydrogen (secondary N) is 1. The summed E-state index contributed by atoms with van der Waals surface area (Å²) < 4.78 is 13.0. The maximum absolute atomic E-state index is 13.0. The summed E-state index contributed by atoms with van der Waals surface area (Å²) in [5.74, 6) is -2.50. The number of halogens is 1. The normalized spacial score (nSPS) is 11.9. The van der Waals surface area contributed by atoms with E-state index in [1.54, 1.807) is 0 Å². The van der Waals surface area contributed by atoms with Crippen molar-refractivity contribution in [2.45, 2.75) is 12.5 Å². The van der Waals surface area contributed by atoms with Crippen LogP contribution in [0.15, 0.2) is 18.2 Å². The molecule has 7 heteroatoms. The molecule has 1 atom stereocenters. The number of carbonyl (C=O) groups excluding carboxylic acids is 1. The number of phenols is 1. The number of aliphatic carboxylic acids is 1. The van der Waals surface area contributed by atoms with Crippen LogP contribution in [-0.2, 0) is 4.79 Å². The van der Waals surface area contributed by atoms with Crippen LogP contribution in [0.1, 0.15) is 16.8 Å². The second-order valence-electron chi connectivity index (χ2n) is 3.81. The number of benzene rings is 1. The fraction of sp³-hybridized carbons (Fsp3) is 0.333. The van der Waals surface area contributed by atoms with Crippen LogP contribution in [-0.4, -0.2) is 40.1 Å². The largest absolute Gasteiger partial charge is 0.507 e. The molecule has 0 saturated carbocycles. The Hall–Kier alpha value is -1.76. The molecule has 0 fully saturated rings. The topological polar surface area (TPSA) is 86.6 Å². The van der Waals surface area contributed by atoms with Crippen LogP contribution in [0.25, 0.3) is 0 Å². The molecule has 104 valence electrons. The molecule has 3 N–H and O–H groups in total. The molecule has 1 rings (SSSR count). The first-order chi connectivity index (χ1) is 8.95. The summed E-state index contributed by atoms with van der Waals surface area (Å²) >= 11 is 1.45. The lowest BCUT2D eigenvalue weighted by molar-refractivity contribution is -0.139. The lowest BCUT2D eigenvalue weighted by Crippen LogP contribution is -2.41. The first-order valence-electron chi connectivity index (χ1n) is 5.46. The SMILES string of the molecule is CSCC[C@H](NC(=O)c1cc(F)ccc1O)C(=O)O. The van der Waals surface area contributed by atoms with Crippen molar-refractivity contribution in [1.82, 2.24) is 5.32 Å². The van der Waals surface area contributed by atoms with Gasteiger partial charge in [-0.1, -0.05) is 0 Å². The quantitative estimate of drug-likeness (QED) is 0.737. The van der Waals surface area contributed by atoms with Gasteiger partial charge in [0.05, 0.1) is 5.56 Å². The molecule has 1 aromatic rings. The lowest BCUT2D eigenvalue weighted by Gasteiger charge is -2.14. The Morgan fingerprint density at radius 1 is 1.47 bits per heavy atom. The van der Waals surface area contributed by atoms with E-state index in [1.165, 1.54) is 11.8 Å². The van der Waals surface area contributed by atoms with Gasteiger partial charge in [-0.05, 0) is 36.6 Å². The van der Waals surface area contributed by atoms with Crippen LogP contribution >= 0.6 is 11.8 Å². The highest BCUT2D eigenvalue weighted by Crippen LogP contribution is 2.18. The van der Waals surface area contributed by atoms with Crippen molar-refractivity contribution in [3.8, 4) is 5.75 Å². The van der Waals surface area contributed by atoms with Gasteiger partial charge >= 0.3 is 5.97 Å². The molecule has 0 aliphatic rings. The zero-order valence-electron chi connectivity index (χ0n) is 10.2. The summed E-state index contributed by atoms with van der Waals surface area (Å²) in [7, 11) is 0. The Balaban J connectivity index is 2.81. The second kappa shape index (κ2) is 6.98. The molecule has 0 bridgehead atoms. The predicted octanol–water partition coefficient (Wildman–Crippen LogP) is 1.47. The van der Waals surface area contributed by atoms with Gasteiger partial charge in [0.1, 0.15) is 17.6 Å². The first-order valence-corrected chi connectivity index (χ1v) is 6.86. The third kappa shape index (κ3) is 4.44. The lowest BCUT2D eigenvalue weighted by atomic mass is 10.1. The summed E-state index contributed by atoms with van der Waals surface area (Å²) in [6, 6.07) is 1.84. The Bertz CT molecular complexity index is 481. The Morgan fingerprint density at radius 3 is 2.74 bits per heavy atom. The minimum Gasteiger partial charge on any atom is -0.507 e. The van der Waals surface area contributed by atoms with Crippen LogP contribution in [0.2, 0.25) is 0 Å². The number of rotatable bonds is 6. The minimum atomic E-state index is -1.17. The van der Waals surface area contributed by atoms with Crippen LogP contribution in [0.4, 0.5) is 4.39 Å². The fourth-order valence-corrected chi connectivity index (χ4v) is 1.89. The van der Waals surface area contributed by atoms with Gasteiger partial charge in [0.15, 0.2) is 0 Å². The van der Waals surface area contributed by atoms with Crippen molar-refractivity contribution >= 4 is 23.6 Å². The first kappa shape index (κ1) is 15.3. The number of carbonyl (C=O) groups is 2. The fourth-order valence-electron chi connectivity index (χ4n) is 1.42. The molecule has 0 aliphatic heterocycles. The molecular formula is C12H14FNO4S. The summed E-state index contributed by atoms with van der Waals surface area (Å²) in [5, 5.41) is 20.7. The molecular weight excluding hydrogens is 273 g/mol. The number of amides is 1. The highest BCUT2D eigenvalue weighted by Gasteiger charge is 2.21. The monoisotopic (exact) mass is 287 g/mol. The minimum absolute atomic E-state index is 0.248. The molecule has 0 aromatic heterocycles. The third-order valence-electron chi connectivity index (χ3n) is 2.42. The van der Waals surface area contributed by atoms with E-state index in [-0.39, 0.29) is 12.0 Å². The summed E-state index contributed by atoms with van der Waals surface area (Å²) in [5.41, 5.74) is -0.282. The number of hydrogen-bond donors (Lipinski definition) is 3. The van der Waals surface area contributed by atoms with Crippen molar-refractivity contribution in [3.05, 3.63) is 29.6 Å². The van der Waals surface area contributed by atoms with Crippen LogP contribution < -0.4 is 5.32 Å². The van der Waals surface area contributed by atoms with Gasteiger partial charge in [-0.2, -0.15) is 11.8 Å². The molecule has 0 aliphatic carbocycles. The van der Waals surface area contributed by atoms with Gasteiger partial charge in [-0.3, -0.25) is 4.79 Å². The average Bonchev–Trinajstić information content (AvgIpc) is 2.36. The van der Waals surface area contributed by atoms with Crippen molar-refractivity contribution in [3.63, 3.8) is 0 Å². The molecule has 0 heterocycles. The van der Waals surface area contributed by atoms with Crippen molar-refractivity contribution < 1.29 is 24.2 Å².